The molecule has 6 aliphatic rings. The van der Waals surface area contributed by atoms with Gasteiger partial charge in [0.05, 0.1) is 24.9 Å². The van der Waals surface area contributed by atoms with E-state index >= 15 is 0 Å². The van der Waals surface area contributed by atoms with Gasteiger partial charge in [0.2, 0.25) is 0 Å². The fraction of sp³-hybridized carbons (Fsp3) is 0.909. The Labute approximate surface area is 269 Å². The molecule has 2 saturated heterocycles. The number of hydrogen-bond acceptors (Lipinski definition) is 13. The number of carbonyl (C=O) groups is 1. The Morgan fingerprint density at radius 2 is 1.50 bits per heavy atom. The largest absolute Gasteiger partial charge is 0.394 e. The second kappa shape index (κ2) is 12.7. The van der Waals surface area contributed by atoms with Gasteiger partial charge in [-0.3, -0.25) is 4.79 Å². The van der Waals surface area contributed by atoms with Crippen molar-refractivity contribution in [2.45, 2.75) is 145 Å². The van der Waals surface area contributed by atoms with Crippen molar-refractivity contribution in [3.05, 3.63) is 11.6 Å². The molecule has 13 nitrogen and oxygen atoms in total. The molecular weight excluding hydrogens is 604 g/mol. The summed E-state index contributed by atoms with van der Waals surface area (Å²) in [5.41, 5.74) is -0.191. The molecule has 262 valence electrons. The molecule has 13 heteroatoms. The summed E-state index contributed by atoms with van der Waals surface area (Å²) in [5.74, 6) is 0.407. The highest BCUT2D eigenvalue weighted by Gasteiger charge is 2.67. The van der Waals surface area contributed by atoms with E-state index in [1.165, 1.54) is 5.57 Å². The smallest absolute Gasteiger partial charge is 0.186 e. The lowest BCUT2D eigenvalue weighted by Gasteiger charge is -2.61. The molecule has 0 bridgehead atoms. The Kier molecular flexibility index (Phi) is 9.58. The zero-order valence-electron chi connectivity index (χ0n) is 26.9. The molecule has 4 aliphatic carbocycles. The molecule has 0 spiro atoms. The highest BCUT2D eigenvalue weighted by molar-refractivity contribution is 5.80. The zero-order chi connectivity index (χ0) is 33.3. The minimum atomic E-state index is -1.65. The van der Waals surface area contributed by atoms with Crippen LogP contribution in [0, 0.1) is 28.6 Å². The maximum Gasteiger partial charge on any atom is 0.186 e. The molecule has 5 fully saturated rings. The number of Topliss-reactive ketones (excluding diaryl/α,β-unsaturated/α-hetero) is 1. The van der Waals surface area contributed by atoms with Gasteiger partial charge in [0.1, 0.15) is 54.6 Å². The van der Waals surface area contributed by atoms with Gasteiger partial charge in [-0.15, -0.1) is 0 Å². The highest BCUT2D eigenvalue weighted by Crippen LogP contribution is 2.68. The van der Waals surface area contributed by atoms with Crippen LogP contribution in [0.2, 0.25) is 0 Å². The number of carbonyl (C=O) groups excluding carboxylic acids is 1. The van der Waals surface area contributed by atoms with E-state index in [0.717, 1.165) is 32.1 Å². The summed E-state index contributed by atoms with van der Waals surface area (Å²) < 4.78 is 23.0. The summed E-state index contributed by atoms with van der Waals surface area (Å²) in [5, 5.41) is 84.0. The normalized spacial score (nSPS) is 53.9. The second-order valence-electron chi connectivity index (χ2n) is 15.2. The van der Waals surface area contributed by atoms with Gasteiger partial charge in [-0.1, -0.05) is 25.5 Å². The Morgan fingerprint density at radius 3 is 2.17 bits per heavy atom. The average molecular weight is 657 g/mol. The number of allylic oxidation sites excluding steroid dienone is 1. The first-order valence-corrected chi connectivity index (χ1v) is 16.9. The number of aliphatic hydroxyl groups is 8. The highest BCUT2D eigenvalue weighted by atomic mass is 16.7. The summed E-state index contributed by atoms with van der Waals surface area (Å²) in [7, 11) is 0. The van der Waals surface area contributed by atoms with E-state index < -0.39 is 85.6 Å². The Bertz CT molecular complexity index is 1160. The Balaban J connectivity index is 1.10. The molecule has 0 radical (unpaired) electrons. The van der Waals surface area contributed by atoms with Crippen molar-refractivity contribution >= 4 is 5.78 Å². The van der Waals surface area contributed by atoms with Crippen molar-refractivity contribution in [3.8, 4) is 0 Å². The van der Waals surface area contributed by atoms with Gasteiger partial charge < -0.3 is 59.8 Å². The lowest BCUT2D eigenvalue weighted by molar-refractivity contribution is -0.336. The van der Waals surface area contributed by atoms with E-state index in [2.05, 4.69) is 19.9 Å². The van der Waals surface area contributed by atoms with E-state index in [9.17, 15) is 45.6 Å². The maximum absolute atomic E-state index is 12.5. The van der Waals surface area contributed by atoms with Crippen molar-refractivity contribution in [2.24, 2.45) is 28.6 Å². The molecule has 17 unspecified atom stereocenters. The molecule has 0 aromatic heterocycles. The van der Waals surface area contributed by atoms with Gasteiger partial charge in [-0.2, -0.15) is 0 Å². The average Bonchev–Trinajstić information content (AvgIpc) is 3.31. The summed E-state index contributed by atoms with van der Waals surface area (Å²) >= 11 is 0. The SMILES string of the molecule is CC(=O)C1CCC2(O)C3CC=C4CC(OC5OC(COC6OC(CO)C(O)C(O)C6O)C(O)C(O)C5O)CCC4(C)C3CCC12C. The van der Waals surface area contributed by atoms with Crippen LogP contribution in [0.15, 0.2) is 11.6 Å². The lowest BCUT2D eigenvalue weighted by Crippen LogP contribution is -2.62. The maximum atomic E-state index is 12.5. The van der Waals surface area contributed by atoms with Crippen molar-refractivity contribution in [2.75, 3.05) is 13.2 Å². The summed E-state index contributed by atoms with van der Waals surface area (Å²) in [6.45, 7) is 4.98. The fourth-order valence-electron chi connectivity index (χ4n) is 10.1. The summed E-state index contributed by atoms with van der Waals surface area (Å²) in [6.07, 6.45) is -6.90. The van der Waals surface area contributed by atoms with Gasteiger partial charge in [-0.05, 0) is 75.5 Å². The minimum absolute atomic E-state index is 0.0754. The number of ketones is 1. The molecule has 8 N–H and O–H groups in total. The van der Waals surface area contributed by atoms with Gasteiger partial charge in [-0.25, -0.2) is 0 Å². The molecule has 2 heterocycles. The molecule has 46 heavy (non-hydrogen) atoms. The molecule has 6 rings (SSSR count). The lowest BCUT2D eigenvalue weighted by atomic mass is 9.45. The number of ether oxygens (including phenoxy) is 4. The number of fused-ring (bicyclic) bond motifs is 5. The summed E-state index contributed by atoms with van der Waals surface area (Å²) in [6, 6.07) is 0. The van der Waals surface area contributed by atoms with Gasteiger partial charge in [0.25, 0.3) is 0 Å². The van der Waals surface area contributed by atoms with E-state index in [1.807, 2.05) is 0 Å². The summed E-state index contributed by atoms with van der Waals surface area (Å²) in [4.78, 5) is 12.5. The third-order valence-corrected chi connectivity index (χ3v) is 13.0. The van der Waals surface area contributed by atoms with Crippen LogP contribution in [-0.2, 0) is 23.7 Å². The van der Waals surface area contributed by atoms with Crippen molar-refractivity contribution in [3.63, 3.8) is 0 Å². The van der Waals surface area contributed by atoms with Crippen molar-refractivity contribution in [1.82, 2.24) is 0 Å². The fourth-order valence-corrected chi connectivity index (χ4v) is 10.1. The van der Waals surface area contributed by atoms with E-state index in [1.54, 1.807) is 6.92 Å². The standard InChI is InChI=1S/C33H52O13/c1-15(35)18-8-11-33(42)20-5-4-16-12-17(6-9-31(16,2)19(20)7-10-32(18,33)3)44-30-28(41)26(39)24(37)22(46-30)14-43-29-27(40)25(38)23(36)21(13-34)45-29/h4,17-30,34,36-42H,5-14H2,1-3H3. The van der Waals surface area contributed by atoms with Crippen LogP contribution >= 0.6 is 0 Å². The molecule has 0 aromatic rings. The molecular formula is C33H52O13. The van der Waals surface area contributed by atoms with Crippen LogP contribution in [0.3, 0.4) is 0 Å². The quantitative estimate of drug-likeness (QED) is 0.159. The van der Waals surface area contributed by atoms with Crippen LogP contribution in [0.4, 0.5) is 0 Å². The predicted molar refractivity (Wildman–Crippen MR) is 159 cm³/mol. The molecule has 0 amide bonds. The molecule has 17 atom stereocenters. The van der Waals surface area contributed by atoms with Crippen LogP contribution in [0.1, 0.15) is 72.1 Å². The Morgan fingerprint density at radius 1 is 0.848 bits per heavy atom. The van der Waals surface area contributed by atoms with E-state index in [4.69, 9.17) is 18.9 Å². The molecule has 0 aromatic carbocycles. The van der Waals surface area contributed by atoms with E-state index in [-0.39, 0.29) is 35.1 Å². The van der Waals surface area contributed by atoms with Gasteiger partial charge >= 0.3 is 0 Å². The van der Waals surface area contributed by atoms with Crippen molar-refractivity contribution < 1.29 is 64.6 Å². The minimum Gasteiger partial charge on any atom is -0.394 e. The van der Waals surface area contributed by atoms with Crippen LogP contribution in [0.5, 0.6) is 0 Å². The number of aliphatic hydroxyl groups excluding tert-OH is 7. The molecule has 3 saturated carbocycles. The van der Waals surface area contributed by atoms with E-state index in [0.29, 0.717) is 19.3 Å². The van der Waals surface area contributed by atoms with Gasteiger partial charge in [0, 0.05) is 11.3 Å². The first kappa shape index (κ1) is 34.8. The monoisotopic (exact) mass is 656 g/mol. The zero-order valence-corrected chi connectivity index (χ0v) is 26.9. The van der Waals surface area contributed by atoms with Crippen molar-refractivity contribution in [1.29, 1.82) is 0 Å². The third-order valence-electron chi connectivity index (χ3n) is 13.0. The van der Waals surface area contributed by atoms with Gasteiger partial charge in [0.15, 0.2) is 12.6 Å². The molecule has 2 aliphatic heterocycles. The third kappa shape index (κ3) is 5.43. The first-order valence-electron chi connectivity index (χ1n) is 16.9. The predicted octanol–water partition coefficient (Wildman–Crippen LogP) is -0.721. The van der Waals surface area contributed by atoms with Crippen LogP contribution in [-0.4, -0.2) is 133 Å². The topological polar surface area (TPSA) is 216 Å². The van der Waals surface area contributed by atoms with Crippen LogP contribution in [0.25, 0.3) is 0 Å². The first-order chi connectivity index (χ1) is 21.7. The Hall–Kier alpha value is -1.07. The number of hydrogen-bond donors (Lipinski definition) is 8. The second-order valence-corrected chi connectivity index (χ2v) is 15.2. The van der Waals surface area contributed by atoms with Crippen LogP contribution < -0.4 is 0 Å². The number of rotatable bonds is 7.